The van der Waals surface area contributed by atoms with Gasteiger partial charge in [0.15, 0.2) is 10.8 Å². The standard InChI is InChI=1S/C25H24N6O5S3/c26-25-28-17(13-39-25)18(30-36-16-5-1-2-6-16)21(32)29-19-22(33)31-20(24(34)35)15(12-38-23(19)31)11-37-9-7-14-4-3-8-27-10-14/h1,3-5,7-10,13,16,19,23H,2,6,11-12H2,(H2,26,28)(H,29,32)(H,34,35)/b9-7-,30-18+/t16?,19?,23-/m1/s1. The molecule has 14 heteroatoms. The highest BCUT2D eigenvalue weighted by atomic mass is 32.2. The van der Waals surface area contributed by atoms with Gasteiger partial charge in [-0.2, -0.15) is 0 Å². The normalized spacial score (nSPS) is 22.7. The van der Waals surface area contributed by atoms with Gasteiger partial charge in [0.25, 0.3) is 11.8 Å². The molecule has 3 aliphatic rings. The highest BCUT2D eigenvalue weighted by Crippen LogP contribution is 2.41. The zero-order chi connectivity index (χ0) is 27.4. The number of amides is 2. The number of nitrogens with two attached hydrogens (primary N) is 1. The first-order chi connectivity index (χ1) is 18.9. The van der Waals surface area contributed by atoms with Gasteiger partial charge >= 0.3 is 5.97 Å². The van der Waals surface area contributed by atoms with Crippen LogP contribution in [0.2, 0.25) is 0 Å². The molecule has 0 aromatic carbocycles. The fraction of sp³-hybridized carbons (Fsp3) is 0.280. The number of thiazole rings is 1. The van der Waals surface area contributed by atoms with E-state index in [1.165, 1.54) is 28.4 Å². The summed E-state index contributed by atoms with van der Waals surface area (Å²) in [5.41, 5.74) is 7.43. The number of anilines is 1. The number of nitrogens with one attached hydrogen (secondary N) is 1. The van der Waals surface area contributed by atoms with E-state index in [0.717, 1.165) is 29.7 Å². The highest BCUT2D eigenvalue weighted by Gasteiger charge is 2.54. The molecule has 2 unspecified atom stereocenters. The maximum absolute atomic E-state index is 13.2. The second-order valence-corrected chi connectivity index (χ2v) is 11.6. The van der Waals surface area contributed by atoms with Gasteiger partial charge in [0.2, 0.25) is 0 Å². The number of nitrogens with zero attached hydrogens (tertiary/aromatic N) is 4. The first kappa shape index (κ1) is 27.0. The predicted octanol–water partition coefficient (Wildman–Crippen LogP) is 2.70. The van der Waals surface area contributed by atoms with Gasteiger partial charge in [0, 0.05) is 29.3 Å². The Morgan fingerprint density at radius 2 is 2.28 bits per heavy atom. The van der Waals surface area contributed by atoms with Crippen molar-refractivity contribution < 1.29 is 24.3 Å². The van der Waals surface area contributed by atoms with Crippen LogP contribution in [-0.4, -0.2) is 72.5 Å². The van der Waals surface area contributed by atoms with Gasteiger partial charge in [-0.25, -0.2) is 9.78 Å². The summed E-state index contributed by atoms with van der Waals surface area (Å²) in [5, 5.41) is 19.8. The number of hydrogen-bond donors (Lipinski definition) is 3. The molecule has 5 rings (SSSR count). The summed E-state index contributed by atoms with van der Waals surface area (Å²) < 4.78 is 0. The van der Waals surface area contributed by atoms with Crippen LogP contribution in [0.1, 0.15) is 24.1 Å². The zero-order valence-corrected chi connectivity index (χ0v) is 22.9. The maximum Gasteiger partial charge on any atom is 0.352 e. The van der Waals surface area contributed by atoms with Crippen molar-refractivity contribution in [2.75, 3.05) is 17.2 Å². The number of oxime groups is 1. The Bertz CT molecular complexity index is 1390. The van der Waals surface area contributed by atoms with E-state index >= 15 is 0 Å². The van der Waals surface area contributed by atoms with Crippen molar-refractivity contribution >= 4 is 69.6 Å². The van der Waals surface area contributed by atoms with Gasteiger partial charge in [0.1, 0.15) is 28.9 Å². The van der Waals surface area contributed by atoms with Crippen molar-refractivity contribution in [3.05, 3.63) is 70.0 Å². The van der Waals surface area contributed by atoms with E-state index < -0.39 is 29.2 Å². The highest BCUT2D eigenvalue weighted by molar-refractivity contribution is 8.02. The summed E-state index contributed by atoms with van der Waals surface area (Å²) in [6, 6.07) is 2.83. The molecule has 11 nitrogen and oxygen atoms in total. The number of carboxylic acids is 1. The Hall–Kier alpha value is -3.62. The second kappa shape index (κ2) is 12.1. The lowest BCUT2D eigenvalue weighted by atomic mass is 10.0. The SMILES string of the molecule is Nc1nc(/C(=N\OC2C=CCC2)C(=O)NC2C(=O)N3C(C(=O)O)=C(CS/C=C\c4cccnc4)CS[C@H]23)cs1. The van der Waals surface area contributed by atoms with Gasteiger partial charge in [-0.1, -0.05) is 17.3 Å². The number of aromatic nitrogens is 2. The molecule has 1 fully saturated rings. The van der Waals surface area contributed by atoms with Crippen LogP contribution in [0.25, 0.3) is 6.08 Å². The van der Waals surface area contributed by atoms with Gasteiger partial charge in [-0.3, -0.25) is 19.5 Å². The van der Waals surface area contributed by atoms with Crippen LogP contribution in [0.5, 0.6) is 0 Å². The van der Waals surface area contributed by atoms with Crippen molar-refractivity contribution in [2.45, 2.75) is 30.4 Å². The Balaban J connectivity index is 1.27. The first-order valence-corrected chi connectivity index (χ1v) is 14.9. The molecule has 3 atom stereocenters. The van der Waals surface area contributed by atoms with Crippen LogP contribution in [0.15, 0.2) is 63.9 Å². The lowest BCUT2D eigenvalue weighted by molar-refractivity contribution is -0.150. The molecule has 39 heavy (non-hydrogen) atoms. The Kier molecular flexibility index (Phi) is 8.33. The quantitative estimate of drug-likeness (QED) is 0.164. The van der Waals surface area contributed by atoms with E-state index in [0.29, 0.717) is 17.1 Å². The predicted molar refractivity (Wildman–Crippen MR) is 152 cm³/mol. The van der Waals surface area contributed by atoms with E-state index in [4.69, 9.17) is 10.6 Å². The molecule has 4 heterocycles. The Morgan fingerprint density at radius 3 is 2.97 bits per heavy atom. The summed E-state index contributed by atoms with van der Waals surface area (Å²) in [4.78, 5) is 53.4. The summed E-state index contributed by atoms with van der Waals surface area (Å²) in [6.45, 7) is 0. The third-order valence-electron chi connectivity index (χ3n) is 6.06. The van der Waals surface area contributed by atoms with Crippen LogP contribution in [0, 0.1) is 0 Å². The Labute approximate surface area is 236 Å². The fourth-order valence-corrected chi connectivity index (χ4v) is 6.98. The second-order valence-electron chi connectivity index (χ2n) is 8.68. The molecule has 1 aliphatic carbocycles. The van der Waals surface area contributed by atoms with Crippen LogP contribution in [-0.2, 0) is 19.2 Å². The average molecular weight is 585 g/mol. The molecule has 2 amide bonds. The molecule has 0 bridgehead atoms. The van der Waals surface area contributed by atoms with Crippen molar-refractivity contribution in [1.29, 1.82) is 0 Å². The van der Waals surface area contributed by atoms with E-state index in [1.54, 1.807) is 17.8 Å². The molecule has 4 N–H and O–H groups in total. The monoisotopic (exact) mass is 584 g/mol. The van der Waals surface area contributed by atoms with E-state index in [1.807, 2.05) is 35.8 Å². The minimum Gasteiger partial charge on any atom is -0.477 e. The number of carbonyl (C=O) groups is 3. The number of β-lactam (4-membered cyclic amide) rings is 1. The van der Waals surface area contributed by atoms with Crippen molar-refractivity contribution in [1.82, 2.24) is 20.2 Å². The molecule has 202 valence electrons. The first-order valence-electron chi connectivity index (χ1n) is 11.9. The zero-order valence-electron chi connectivity index (χ0n) is 20.4. The molecule has 2 aromatic heterocycles. The van der Waals surface area contributed by atoms with E-state index in [2.05, 4.69) is 20.4 Å². The van der Waals surface area contributed by atoms with Crippen molar-refractivity contribution in [3.8, 4) is 0 Å². The third kappa shape index (κ3) is 6.02. The summed E-state index contributed by atoms with van der Waals surface area (Å²) in [5.74, 6) is -1.50. The van der Waals surface area contributed by atoms with E-state index in [-0.39, 0.29) is 28.3 Å². The van der Waals surface area contributed by atoms with Gasteiger partial charge < -0.3 is 21.0 Å². The summed E-state index contributed by atoms with van der Waals surface area (Å²) in [7, 11) is 0. The lowest BCUT2D eigenvalue weighted by Gasteiger charge is -2.49. The average Bonchev–Trinajstić information content (AvgIpc) is 3.62. The van der Waals surface area contributed by atoms with Gasteiger partial charge in [-0.05, 0) is 47.6 Å². The van der Waals surface area contributed by atoms with Crippen LogP contribution in [0.4, 0.5) is 5.13 Å². The van der Waals surface area contributed by atoms with Crippen LogP contribution in [0.3, 0.4) is 0 Å². The third-order valence-corrected chi connectivity index (χ3v) is 8.92. The van der Waals surface area contributed by atoms with Crippen molar-refractivity contribution in [2.24, 2.45) is 5.16 Å². The molecule has 2 aromatic rings. The van der Waals surface area contributed by atoms with Gasteiger partial charge in [0.05, 0.1) is 0 Å². The number of nitrogen functional groups attached to an aromatic ring is 1. The van der Waals surface area contributed by atoms with Crippen molar-refractivity contribution in [3.63, 3.8) is 0 Å². The largest absolute Gasteiger partial charge is 0.477 e. The smallest absolute Gasteiger partial charge is 0.352 e. The molecular formula is C25H24N6O5S3. The maximum atomic E-state index is 13.2. The summed E-state index contributed by atoms with van der Waals surface area (Å²) in [6.07, 6.45) is 10.5. The minimum atomic E-state index is -1.18. The number of carbonyl (C=O) groups excluding carboxylic acids is 2. The Morgan fingerprint density at radius 1 is 1.41 bits per heavy atom. The van der Waals surface area contributed by atoms with E-state index in [9.17, 15) is 19.5 Å². The minimum absolute atomic E-state index is 0.0333. The number of aliphatic carboxylic acids is 1. The molecule has 0 spiro atoms. The van der Waals surface area contributed by atoms with Gasteiger partial charge in [-0.15, -0.1) is 34.9 Å². The number of thioether (sulfide) groups is 2. The molecule has 0 saturated carbocycles. The molecule has 2 aliphatic heterocycles. The number of allylic oxidation sites excluding steroid dienone is 1. The van der Waals surface area contributed by atoms with Crippen LogP contribution >= 0.6 is 34.9 Å². The summed E-state index contributed by atoms with van der Waals surface area (Å²) >= 11 is 3.99. The number of rotatable bonds is 10. The number of carboxylic acid groups (broad SMARTS) is 1. The number of fused-ring (bicyclic) bond motifs is 1. The molecule has 0 radical (unpaired) electrons. The number of hydrogen-bond acceptors (Lipinski definition) is 11. The lowest BCUT2D eigenvalue weighted by Crippen LogP contribution is -2.71. The van der Waals surface area contributed by atoms with Crippen LogP contribution < -0.4 is 11.1 Å². The molecule has 1 saturated heterocycles. The topological polar surface area (TPSA) is 160 Å². The fourth-order valence-electron chi connectivity index (χ4n) is 4.17. The number of pyridine rings is 1. The molecular weight excluding hydrogens is 561 g/mol.